The lowest BCUT2D eigenvalue weighted by atomic mass is 10.1. The van der Waals surface area contributed by atoms with Crippen molar-refractivity contribution in [1.29, 1.82) is 0 Å². The molecule has 0 heterocycles. The second kappa shape index (κ2) is 2.94. The van der Waals surface area contributed by atoms with Crippen LogP contribution in [0.1, 0.15) is 20.3 Å². The fourth-order valence-electron chi connectivity index (χ4n) is 0.508. The van der Waals surface area contributed by atoms with Crippen LogP contribution in [0.15, 0.2) is 0 Å². The van der Waals surface area contributed by atoms with Crippen LogP contribution in [0.4, 0.5) is 0 Å². The van der Waals surface area contributed by atoms with Crippen LogP contribution >= 0.6 is 0 Å². The van der Waals surface area contributed by atoms with Gasteiger partial charge in [0.25, 0.3) is 0 Å². The van der Waals surface area contributed by atoms with Gasteiger partial charge in [-0.2, -0.15) is 0 Å². The molecule has 2 atom stereocenters. The van der Waals surface area contributed by atoms with E-state index in [1.165, 1.54) is 0 Å². The van der Waals surface area contributed by atoms with Gasteiger partial charge in [-0.25, -0.2) is 0 Å². The van der Waals surface area contributed by atoms with Crippen molar-refractivity contribution in [3.8, 4) is 0 Å². The summed E-state index contributed by atoms with van der Waals surface area (Å²) in [5, 5.41) is 27.8. The predicted molar refractivity (Wildman–Crippen MR) is 33.9 cm³/mol. The molecule has 0 aromatic rings. The van der Waals surface area contributed by atoms with E-state index >= 15 is 0 Å². The number of nitrogens with zero attached hydrogens (tertiary/aromatic N) is 1. The lowest BCUT2D eigenvalue weighted by molar-refractivity contribution is -0.632. The molecule has 0 spiro atoms. The molecule has 0 aromatic carbocycles. The summed E-state index contributed by atoms with van der Waals surface area (Å²) in [4.78, 5) is 9.12. The van der Waals surface area contributed by atoms with Gasteiger partial charge in [0.05, 0.1) is 4.92 Å². The first-order valence-electron chi connectivity index (χ1n) is 2.97. The van der Waals surface area contributed by atoms with Gasteiger partial charge < -0.3 is 10.2 Å². The summed E-state index contributed by atoms with van der Waals surface area (Å²) in [7, 11) is 0. The van der Waals surface area contributed by atoms with Gasteiger partial charge in [0, 0.05) is 6.92 Å². The summed E-state index contributed by atoms with van der Waals surface area (Å²) in [5.41, 5.74) is -2.21. The molecule has 10 heavy (non-hydrogen) atoms. The second-order valence-corrected chi connectivity index (χ2v) is 2.28. The Hall–Kier alpha value is -0.680. The molecule has 0 aromatic heterocycles. The quantitative estimate of drug-likeness (QED) is 0.329. The molecule has 60 valence electrons. The maximum atomic E-state index is 10.0. The zero-order valence-electron chi connectivity index (χ0n) is 5.94. The van der Waals surface area contributed by atoms with Crippen molar-refractivity contribution in [2.75, 3.05) is 0 Å². The third-order valence-corrected chi connectivity index (χ3v) is 1.39. The number of aliphatic hydroxyl groups is 2. The lowest BCUT2D eigenvalue weighted by Gasteiger charge is -2.18. The Morgan fingerprint density at radius 3 is 2.30 bits per heavy atom. The first-order valence-corrected chi connectivity index (χ1v) is 2.97. The largest absolute Gasteiger partial charge is 0.383 e. The Kier molecular flexibility index (Phi) is 2.74. The van der Waals surface area contributed by atoms with Crippen molar-refractivity contribution in [2.24, 2.45) is 0 Å². The van der Waals surface area contributed by atoms with Crippen molar-refractivity contribution in [1.82, 2.24) is 0 Å². The molecule has 0 saturated heterocycles. The summed E-state index contributed by atoms with van der Waals surface area (Å²) >= 11 is 0. The fraction of sp³-hybridized carbons (Fsp3) is 1.00. The molecular formula is C5H11NO4. The van der Waals surface area contributed by atoms with Crippen LogP contribution in [0.3, 0.4) is 0 Å². The summed E-state index contributed by atoms with van der Waals surface area (Å²) in [6, 6.07) is 0. The van der Waals surface area contributed by atoms with Crippen LogP contribution in [0.25, 0.3) is 0 Å². The standard InChI is InChI=1S/C5H11NO4/c1-3-4(7)5(2,8)6(9)10/h4,7-8H,3H2,1-2H3. The van der Waals surface area contributed by atoms with Gasteiger partial charge >= 0.3 is 5.72 Å². The average molecular weight is 149 g/mol. The number of hydrogen-bond acceptors (Lipinski definition) is 4. The molecule has 0 bridgehead atoms. The first kappa shape index (κ1) is 9.32. The maximum absolute atomic E-state index is 10.0. The number of aliphatic hydroxyl groups excluding tert-OH is 1. The SMILES string of the molecule is CCC(O)C(C)(O)[N+](=O)[O-]. The van der Waals surface area contributed by atoms with E-state index < -0.39 is 16.8 Å². The summed E-state index contributed by atoms with van der Waals surface area (Å²) in [6.45, 7) is 2.53. The van der Waals surface area contributed by atoms with Crippen LogP contribution in [0, 0.1) is 10.1 Å². The zero-order chi connectivity index (χ0) is 8.36. The molecule has 0 aliphatic heterocycles. The average Bonchev–Trinajstić information content (AvgIpc) is 1.86. The highest BCUT2D eigenvalue weighted by Gasteiger charge is 2.41. The van der Waals surface area contributed by atoms with E-state index in [1.807, 2.05) is 0 Å². The van der Waals surface area contributed by atoms with E-state index in [1.54, 1.807) is 6.92 Å². The van der Waals surface area contributed by atoms with Crippen LogP contribution in [0.2, 0.25) is 0 Å². The van der Waals surface area contributed by atoms with Gasteiger partial charge in [0.15, 0.2) is 6.10 Å². The van der Waals surface area contributed by atoms with Crippen LogP contribution in [0.5, 0.6) is 0 Å². The monoisotopic (exact) mass is 149 g/mol. The molecule has 5 nitrogen and oxygen atoms in total. The Morgan fingerprint density at radius 2 is 2.20 bits per heavy atom. The van der Waals surface area contributed by atoms with E-state index in [9.17, 15) is 10.1 Å². The van der Waals surface area contributed by atoms with Crippen molar-refractivity contribution < 1.29 is 15.1 Å². The third kappa shape index (κ3) is 1.65. The molecule has 0 radical (unpaired) electrons. The molecule has 0 saturated carbocycles. The van der Waals surface area contributed by atoms with Gasteiger partial charge in [-0.1, -0.05) is 6.92 Å². The minimum absolute atomic E-state index is 0.161. The van der Waals surface area contributed by atoms with Crippen molar-refractivity contribution in [3.63, 3.8) is 0 Å². The Balaban J connectivity index is 4.23. The minimum atomic E-state index is -2.21. The minimum Gasteiger partial charge on any atom is -0.383 e. The molecule has 5 heteroatoms. The van der Waals surface area contributed by atoms with Crippen LogP contribution < -0.4 is 0 Å². The summed E-state index contributed by atoms with van der Waals surface area (Å²) < 4.78 is 0. The van der Waals surface area contributed by atoms with Crippen molar-refractivity contribution in [2.45, 2.75) is 32.1 Å². The maximum Gasteiger partial charge on any atom is 0.345 e. The third-order valence-electron chi connectivity index (χ3n) is 1.39. The highest BCUT2D eigenvalue weighted by Crippen LogP contribution is 2.12. The van der Waals surface area contributed by atoms with E-state index in [-0.39, 0.29) is 6.42 Å². The molecule has 0 aliphatic carbocycles. The Morgan fingerprint density at radius 1 is 1.80 bits per heavy atom. The number of rotatable bonds is 3. The molecule has 2 N–H and O–H groups in total. The molecule has 2 unspecified atom stereocenters. The van der Waals surface area contributed by atoms with Gasteiger partial charge in [-0.15, -0.1) is 0 Å². The predicted octanol–water partition coefficient (Wildman–Crippen LogP) is -0.258. The molecule has 0 rings (SSSR count). The van der Waals surface area contributed by atoms with E-state index in [4.69, 9.17) is 10.2 Å². The topological polar surface area (TPSA) is 83.6 Å². The number of hydrogen-bond donors (Lipinski definition) is 2. The first-order chi connectivity index (χ1) is 4.42. The Labute approximate surface area is 58.4 Å². The van der Waals surface area contributed by atoms with Crippen molar-refractivity contribution >= 4 is 0 Å². The summed E-state index contributed by atoms with van der Waals surface area (Å²) in [6.07, 6.45) is -1.14. The van der Waals surface area contributed by atoms with E-state index in [0.717, 1.165) is 6.92 Å². The van der Waals surface area contributed by atoms with Gasteiger partial charge in [0.1, 0.15) is 0 Å². The zero-order valence-corrected chi connectivity index (χ0v) is 5.94. The van der Waals surface area contributed by atoms with Gasteiger partial charge in [0.2, 0.25) is 0 Å². The van der Waals surface area contributed by atoms with E-state index in [2.05, 4.69) is 0 Å². The highest BCUT2D eigenvalue weighted by molar-refractivity contribution is 4.68. The second-order valence-electron chi connectivity index (χ2n) is 2.28. The smallest absolute Gasteiger partial charge is 0.345 e. The van der Waals surface area contributed by atoms with E-state index in [0.29, 0.717) is 0 Å². The molecule has 0 amide bonds. The van der Waals surface area contributed by atoms with Crippen LogP contribution in [-0.2, 0) is 0 Å². The fourth-order valence-corrected chi connectivity index (χ4v) is 0.508. The molecule has 0 aliphatic rings. The normalized spacial score (nSPS) is 19.6. The van der Waals surface area contributed by atoms with Crippen molar-refractivity contribution in [3.05, 3.63) is 10.1 Å². The van der Waals surface area contributed by atoms with Crippen LogP contribution in [-0.4, -0.2) is 27.0 Å². The Bertz CT molecular complexity index is 134. The number of nitro groups is 1. The van der Waals surface area contributed by atoms with Gasteiger partial charge in [-0.05, 0) is 6.42 Å². The highest BCUT2D eigenvalue weighted by atomic mass is 16.7. The molecule has 0 fully saturated rings. The van der Waals surface area contributed by atoms with Gasteiger partial charge in [-0.3, -0.25) is 10.1 Å². The summed E-state index contributed by atoms with van der Waals surface area (Å²) in [5.74, 6) is 0. The lowest BCUT2D eigenvalue weighted by Crippen LogP contribution is -2.46. The molecular weight excluding hydrogens is 138 g/mol.